The summed E-state index contributed by atoms with van der Waals surface area (Å²) in [5.74, 6) is 1.22. The Morgan fingerprint density at radius 2 is 1.79 bits per heavy atom. The Balaban J connectivity index is 1.30. The van der Waals surface area contributed by atoms with Crippen LogP contribution in [0.15, 0.2) is 18.2 Å². The highest BCUT2D eigenvalue weighted by atomic mass is 16.6. The molecule has 3 N–H and O–H groups in total. The Kier molecular flexibility index (Phi) is 4.72. The van der Waals surface area contributed by atoms with Crippen molar-refractivity contribution in [3.8, 4) is 0 Å². The van der Waals surface area contributed by atoms with Gasteiger partial charge in [0.1, 0.15) is 0 Å². The fourth-order valence-corrected chi connectivity index (χ4v) is 5.89. The number of nitro benzene ring substituents is 1. The standard InChI is InChI=1S/C20H25N3O5/c21-17-2-1-15(23(26)27)6-16(17)19(25)28-10-18(24)22-11-20-7-12-3-13(8-20)5-14(4-12)9-20/h1-2,6,12-14H,3-5,7-11,21H2,(H,22,24). The highest BCUT2D eigenvalue weighted by Crippen LogP contribution is 2.59. The van der Waals surface area contributed by atoms with Crippen LogP contribution in [0.1, 0.15) is 48.9 Å². The van der Waals surface area contributed by atoms with E-state index in [0.717, 1.165) is 23.8 Å². The molecule has 0 radical (unpaired) electrons. The number of non-ortho nitro benzene ring substituents is 1. The Bertz CT molecular complexity index is 787. The van der Waals surface area contributed by atoms with Crippen molar-refractivity contribution in [3.63, 3.8) is 0 Å². The summed E-state index contributed by atoms with van der Waals surface area (Å²) in [4.78, 5) is 34.6. The van der Waals surface area contributed by atoms with E-state index < -0.39 is 17.5 Å². The van der Waals surface area contributed by atoms with Crippen LogP contribution in [0.4, 0.5) is 11.4 Å². The van der Waals surface area contributed by atoms with Crippen molar-refractivity contribution < 1.29 is 19.2 Å². The largest absolute Gasteiger partial charge is 0.452 e. The van der Waals surface area contributed by atoms with Crippen molar-refractivity contribution in [2.45, 2.75) is 38.5 Å². The summed E-state index contributed by atoms with van der Waals surface area (Å²) >= 11 is 0. The molecule has 28 heavy (non-hydrogen) atoms. The first kappa shape index (κ1) is 18.7. The van der Waals surface area contributed by atoms with Crippen LogP contribution in [0.3, 0.4) is 0 Å². The van der Waals surface area contributed by atoms with Crippen LogP contribution in [0.25, 0.3) is 0 Å². The van der Waals surface area contributed by atoms with Crippen molar-refractivity contribution >= 4 is 23.3 Å². The first-order chi connectivity index (χ1) is 13.3. The third-order valence-corrected chi connectivity index (χ3v) is 6.63. The number of nitrogens with one attached hydrogen (secondary N) is 1. The first-order valence-electron chi connectivity index (χ1n) is 9.81. The Morgan fingerprint density at radius 1 is 1.18 bits per heavy atom. The van der Waals surface area contributed by atoms with Gasteiger partial charge >= 0.3 is 5.97 Å². The molecule has 4 saturated carbocycles. The summed E-state index contributed by atoms with van der Waals surface area (Å²) in [7, 11) is 0. The van der Waals surface area contributed by atoms with E-state index in [4.69, 9.17) is 10.5 Å². The zero-order valence-electron chi connectivity index (χ0n) is 15.7. The molecule has 0 atom stereocenters. The number of carbonyl (C=O) groups excluding carboxylic acids is 2. The van der Waals surface area contributed by atoms with Gasteiger partial charge in [-0.1, -0.05) is 0 Å². The van der Waals surface area contributed by atoms with E-state index in [0.29, 0.717) is 6.54 Å². The predicted octanol–water partition coefficient (Wildman–Crippen LogP) is 2.67. The molecule has 0 spiro atoms. The minimum atomic E-state index is -0.842. The van der Waals surface area contributed by atoms with Gasteiger partial charge < -0.3 is 15.8 Å². The number of nitrogen functional groups attached to an aromatic ring is 1. The number of carbonyl (C=O) groups is 2. The predicted molar refractivity (Wildman–Crippen MR) is 101 cm³/mol. The first-order valence-corrected chi connectivity index (χ1v) is 9.81. The van der Waals surface area contributed by atoms with E-state index in [-0.39, 0.29) is 28.3 Å². The highest BCUT2D eigenvalue weighted by Gasteiger charge is 2.50. The highest BCUT2D eigenvalue weighted by molar-refractivity contribution is 5.96. The number of hydrogen-bond acceptors (Lipinski definition) is 6. The van der Waals surface area contributed by atoms with Crippen molar-refractivity contribution in [1.82, 2.24) is 5.32 Å². The molecule has 8 nitrogen and oxygen atoms in total. The molecule has 1 amide bonds. The molecule has 150 valence electrons. The molecule has 4 bridgehead atoms. The van der Waals surface area contributed by atoms with Gasteiger partial charge in [0.25, 0.3) is 11.6 Å². The number of benzene rings is 1. The van der Waals surface area contributed by atoms with Gasteiger partial charge in [0, 0.05) is 24.4 Å². The molecule has 1 aromatic carbocycles. The third-order valence-electron chi connectivity index (χ3n) is 6.63. The zero-order chi connectivity index (χ0) is 19.9. The second-order valence-corrected chi connectivity index (χ2v) is 8.80. The lowest BCUT2D eigenvalue weighted by molar-refractivity contribution is -0.384. The second kappa shape index (κ2) is 7.07. The summed E-state index contributed by atoms with van der Waals surface area (Å²) in [6.45, 7) is 0.208. The number of amides is 1. The van der Waals surface area contributed by atoms with Crippen LogP contribution < -0.4 is 11.1 Å². The van der Waals surface area contributed by atoms with E-state index in [1.807, 2.05) is 0 Å². The van der Waals surface area contributed by atoms with Gasteiger partial charge in [-0.2, -0.15) is 0 Å². The number of nitro groups is 1. The third kappa shape index (κ3) is 3.68. The number of esters is 1. The van der Waals surface area contributed by atoms with Crippen LogP contribution in [-0.2, 0) is 9.53 Å². The van der Waals surface area contributed by atoms with Gasteiger partial charge in [-0.15, -0.1) is 0 Å². The van der Waals surface area contributed by atoms with E-state index in [1.54, 1.807) is 0 Å². The number of hydrogen-bond donors (Lipinski definition) is 2. The molecule has 8 heteroatoms. The van der Waals surface area contributed by atoms with Crippen LogP contribution in [-0.4, -0.2) is 30.0 Å². The van der Waals surface area contributed by atoms with Crippen molar-refractivity contribution in [1.29, 1.82) is 0 Å². The average Bonchev–Trinajstić information content (AvgIpc) is 2.63. The maximum absolute atomic E-state index is 12.2. The van der Waals surface area contributed by atoms with Crippen LogP contribution >= 0.6 is 0 Å². The molecule has 0 saturated heterocycles. The molecule has 4 aliphatic carbocycles. The number of rotatable bonds is 6. The lowest BCUT2D eigenvalue weighted by Gasteiger charge is -2.56. The molecular formula is C20H25N3O5. The molecule has 5 rings (SSSR count). The lowest BCUT2D eigenvalue weighted by Crippen LogP contribution is -2.51. The lowest BCUT2D eigenvalue weighted by atomic mass is 9.49. The number of ether oxygens (including phenoxy) is 1. The Labute approximate surface area is 163 Å². The summed E-state index contributed by atoms with van der Waals surface area (Å²) in [6.07, 6.45) is 7.58. The van der Waals surface area contributed by atoms with Crippen LogP contribution in [0, 0.1) is 33.3 Å². The summed E-state index contributed by atoms with van der Waals surface area (Å²) in [5.41, 5.74) is 5.62. The average molecular weight is 387 g/mol. The molecule has 0 heterocycles. The van der Waals surface area contributed by atoms with Gasteiger partial charge in [-0.25, -0.2) is 4.79 Å². The van der Waals surface area contributed by atoms with Crippen LogP contribution in [0.2, 0.25) is 0 Å². The van der Waals surface area contributed by atoms with Gasteiger partial charge in [0.05, 0.1) is 10.5 Å². The fraction of sp³-hybridized carbons (Fsp3) is 0.600. The summed E-state index contributed by atoms with van der Waals surface area (Å²) in [5, 5.41) is 13.8. The van der Waals surface area contributed by atoms with E-state index in [9.17, 15) is 19.7 Å². The topological polar surface area (TPSA) is 125 Å². The van der Waals surface area contributed by atoms with Crippen molar-refractivity contribution in [2.24, 2.45) is 23.2 Å². The van der Waals surface area contributed by atoms with E-state index in [1.165, 1.54) is 50.7 Å². The Morgan fingerprint density at radius 3 is 2.36 bits per heavy atom. The van der Waals surface area contributed by atoms with Gasteiger partial charge in [0.15, 0.2) is 6.61 Å². The molecule has 0 unspecified atom stereocenters. The maximum atomic E-state index is 12.2. The smallest absolute Gasteiger partial charge is 0.341 e. The molecule has 0 aliphatic heterocycles. The molecular weight excluding hydrogens is 362 g/mol. The normalized spacial score (nSPS) is 30.1. The molecule has 1 aromatic rings. The minimum Gasteiger partial charge on any atom is -0.452 e. The molecule has 0 aromatic heterocycles. The van der Waals surface area contributed by atoms with Crippen LogP contribution in [0.5, 0.6) is 0 Å². The van der Waals surface area contributed by atoms with Crippen molar-refractivity contribution in [2.75, 3.05) is 18.9 Å². The van der Waals surface area contributed by atoms with Crippen molar-refractivity contribution in [3.05, 3.63) is 33.9 Å². The van der Waals surface area contributed by atoms with Gasteiger partial charge in [-0.05, 0) is 67.8 Å². The zero-order valence-corrected chi connectivity index (χ0v) is 15.7. The maximum Gasteiger partial charge on any atom is 0.341 e. The summed E-state index contributed by atoms with van der Waals surface area (Å²) < 4.78 is 5.02. The van der Waals surface area contributed by atoms with E-state index >= 15 is 0 Å². The quantitative estimate of drug-likeness (QED) is 0.335. The molecule has 4 fully saturated rings. The fourth-order valence-electron chi connectivity index (χ4n) is 5.89. The Hall–Kier alpha value is -2.64. The monoisotopic (exact) mass is 387 g/mol. The van der Waals surface area contributed by atoms with Gasteiger partial charge in [-0.3, -0.25) is 14.9 Å². The minimum absolute atomic E-state index is 0.0737. The number of nitrogens with zero attached hydrogens (tertiary/aromatic N) is 1. The summed E-state index contributed by atoms with van der Waals surface area (Å²) in [6, 6.07) is 3.55. The number of nitrogens with two attached hydrogens (primary N) is 1. The number of anilines is 1. The van der Waals surface area contributed by atoms with E-state index in [2.05, 4.69) is 5.32 Å². The molecule has 4 aliphatic rings. The van der Waals surface area contributed by atoms with Gasteiger partial charge in [0.2, 0.25) is 0 Å². The second-order valence-electron chi connectivity index (χ2n) is 8.80. The SMILES string of the molecule is Nc1ccc([N+](=O)[O-])cc1C(=O)OCC(=O)NCC12CC3CC(CC(C3)C1)C2.